The average molecular weight is 426 g/mol. The number of nitrogens with one attached hydrogen (secondary N) is 1. The quantitative estimate of drug-likeness (QED) is 0.635. The van der Waals surface area contributed by atoms with Crippen LogP contribution in [0.15, 0.2) is 54.6 Å². The molecule has 1 aromatic heterocycles. The molecule has 0 bridgehead atoms. The third-order valence-electron chi connectivity index (χ3n) is 5.63. The van der Waals surface area contributed by atoms with Crippen molar-refractivity contribution in [2.45, 2.75) is 45.2 Å². The zero-order valence-corrected chi connectivity index (χ0v) is 17.9. The van der Waals surface area contributed by atoms with Gasteiger partial charge in [0, 0.05) is 30.3 Å². The van der Waals surface area contributed by atoms with Crippen LogP contribution >= 0.6 is 12.4 Å². The summed E-state index contributed by atoms with van der Waals surface area (Å²) in [6.45, 7) is 2.80. The molecule has 0 aliphatic carbocycles. The number of carbonyl (C=O) groups excluding carboxylic acids is 1. The minimum absolute atomic E-state index is 0. The van der Waals surface area contributed by atoms with Gasteiger partial charge in [0.2, 0.25) is 5.91 Å². The summed E-state index contributed by atoms with van der Waals surface area (Å²) in [5.74, 6) is 1.46. The second kappa shape index (κ2) is 9.87. The minimum Gasteiger partial charge on any atom is -0.326 e. The number of amides is 1. The molecule has 1 aliphatic rings. The van der Waals surface area contributed by atoms with Gasteiger partial charge in [0.1, 0.15) is 5.82 Å². The number of halogens is 1. The summed E-state index contributed by atoms with van der Waals surface area (Å²) in [5.41, 5.74) is 8.97. The Balaban J connectivity index is 0.00000256. The minimum atomic E-state index is -0.356. The number of benzene rings is 2. The van der Waals surface area contributed by atoms with E-state index in [0.717, 1.165) is 54.3 Å². The summed E-state index contributed by atoms with van der Waals surface area (Å²) in [7, 11) is 0. The lowest BCUT2D eigenvalue weighted by molar-refractivity contribution is -0.120. The predicted molar refractivity (Wildman–Crippen MR) is 121 cm³/mol. The van der Waals surface area contributed by atoms with Crippen molar-refractivity contribution in [3.05, 3.63) is 66.0 Å². The molecule has 4 rings (SSSR count). The zero-order chi connectivity index (χ0) is 20.2. The molecular formula is C23H28ClN5O. The highest BCUT2D eigenvalue weighted by molar-refractivity contribution is 5.93. The van der Waals surface area contributed by atoms with Crippen LogP contribution in [0.2, 0.25) is 0 Å². The standard InChI is InChI=1S/C23H27N5O.ClH/c1-16(21(24)17-9-4-2-5-10-17)23(29)25-19-12-8-11-18(15-19)22-27-26-20-13-6-3-7-14-28(20)22;/h2,4-5,8-12,15-16,21H,3,6-7,13-14,24H2,1H3,(H,25,29);1H. The molecule has 2 heterocycles. The SMILES string of the molecule is CC(C(=O)Nc1cccc(-c2nnc3n2CCCCC3)c1)C(N)c1ccccc1.Cl. The van der Waals surface area contributed by atoms with Gasteiger partial charge < -0.3 is 15.6 Å². The van der Waals surface area contributed by atoms with Crippen LogP contribution in [-0.2, 0) is 17.8 Å². The smallest absolute Gasteiger partial charge is 0.229 e. The van der Waals surface area contributed by atoms with Gasteiger partial charge in [-0.1, -0.05) is 55.8 Å². The highest BCUT2D eigenvalue weighted by Gasteiger charge is 2.22. The van der Waals surface area contributed by atoms with Crippen LogP contribution in [0.1, 0.15) is 43.6 Å². The van der Waals surface area contributed by atoms with Crippen molar-refractivity contribution in [1.29, 1.82) is 0 Å². The first kappa shape index (κ1) is 22.0. The molecule has 1 aliphatic heterocycles. The van der Waals surface area contributed by atoms with E-state index in [0.29, 0.717) is 0 Å². The van der Waals surface area contributed by atoms with Gasteiger partial charge in [-0.15, -0.1) is 22.6 Å². The Morgan fingerprint density at radius 2 is 1.87 bits per heavy atom. The van der Waals surface area contributed by atoms with E-state index >= 15 is 0 Å². The normalized spacial score (nSPS) is 15.3. The van der Waals surface area contributed by atoms with Gasteiger partial charge in [-0.3, -0.25) is 4.79 Å². The van der Waals surface area contributed by atoms with E-state index in [4.69, 9.17) is 5.73 Å². The average Bonchev–Trinajstić information content (AvgIpc) is 3.01. The molecule has 1 amide bonds. The fourth-order valence-electron chi connectivity index (χ4n) is 3.82. The lowest BCUT2D eigenvalue weighted by Gasteiger charge is -2.20. The number of hydrogen-bond donors (Lipinski definition) is 2. The molecule has 3 aromatic rings. The fourth-order valence-corrected chi connectivity index (χ4v) is 3.82. The summed E-state index contributed by atoms with van der Waals surface area (Å²) in [6.07, 6.45) is 4.49. The van der Waals surface area contributed by atoms with Gasteiger partial charge in [0.05, 0.1) is 5.92 Å². The van der Waals surface area contributed by atoms with Gasteiger partial charge >= 0.3 is 0 Å². The molecule has 2 aromatic carbocycles. The van der Waals surface area contributed by atoms with Crippen LogP contribution in [-0.4, -0.2) is 20.7 Å². The van der Waals surface area contributed by atoms with Gasteiger partial charge in [-0.2, -0.15) is 0 Å². The fraction of sp³-hybridized carbons (Fsp3) is 0.348. The summed E-state index contributed by atoms with van der Waals surface area (Å²) >= 11 is 0. The molecule has 0 spiro atoms. The van der Waals surface area contributed by atoms with Crippen LogP contribution in [0.3, 0.4) is 0 Å². The molecule has 0 radical (unpaired) electrons. The Labute approximate surface area is 183 Å². The van der Waals surface area contributed by atoms with Crippen molar-refractivity contribution in [1.82, 2.24) is 14.8 Å². The number of carbonyl (C=O) groups is 1. The lowest BCUT2D eigenvalue weighted by atomic mass is 9.94. The van der Waals surface area contributed by atoms with E-state index in [1.165, 1.54) is 6.42 Å². The Morgan fingerprint density at radius 1 is 1.07 bits per heavy atom. The van der Waals surface area contributed by atoms with Crippen LogP contribution in [0.4, 0.5) is 5.69 Å². The van der Waals surface area contributed by atoms with E-state index in [-0.39, 0.29) is 30.3 Å². The summed E-state index contributed by atoms with van der Waals surface area (Å²) in [4.78, 5) is 12.8. The monoisotopic (exact) mass is 425 g/mol. The zero-order valence-electron chi connectivity index (χ0n) is 17.1. The number of nitrogens with zero attached hydrogens (tertiary/aromatic N) is 3. The Morgan fingerprint density at radius 3 is 2.67 bits per heavy atom. The van der Waals surface area contributed by atoms with Crippen molar-refractivity contribution >= 4 is 24.0 Å². The Kier molecular flexibility index (Phi) is 7.24. The van der Waals surface area contributed by atoms with E-state index in [1.54, 1.807) is 0 Å². The van der Waals surface area contributed by atoms with Crippen molar-refractivity contribution in [3.63, 3.8) is 0 Å². The molecule has 2 unspecified atom stereocenters. The van der Waals surface area contributed by atoms with Gasteiger partial charge in [0.25, 0.3) is 0 Å². The van der Waals surface area contributed by atoms with E-state index in [9.17, 15) is 4.79 Å². The lowest BCUT2D eigenvalue weighted by Crippen LogP contribution is -2.30. The molecular weight excluding hydrogens is 398 g/mol. The first-order valence-corrected chi connectivity index (χ1v) is 10.3. The topological polar surface area (TPSA) is 85.8 Å². The van der Waals surface area contributed by atoms with Crippen LogP contribution in [0.25, 0.3) is 11.4 Å². The van der Waals surface area contributed by atoms with Gasteiger partial charge in [-0.25, -0.2) is 0 Å². The number of aryl methyl sites for hydroxylation is 1. The number of nitrogens with two attached hydrogens (primary N) is 1. The second-order valence-electron chi connectivity index (χ2n) is 7.70. The van der Waals surface area contributed by atoms with Crippen molar-refractivity contribution in [2.24, 2.45) is 11.7 Å². The highest BCUT2D eigenvalue weighted by Crippen LogP contribution is 2.26. The summed E-state index contributed by atoms with van der Waals surface area (Å²) in [6, 6.07) is 17.2. The Bertz CT molecular complexity index is 988. The Hall–Kier alpha value is -2.70. The molecule has 158 valence electrons. The molecule has 2 atom stereocenters. The molecule has 6 nitrogen and oxygen atoms in total. The molecule has 3 N–H and O–H groups in total. The first-order valence-electron chi connectivity index (χ1n) is 10.3. The number of rotatable bonds is 5. The van der Waals surface area contributed by atoms with E-state index in [2.05, 4.69) is 20.1 Å². The van der Waals surface area contributed by atoms with Gasteiger partial charge in [-0.05, 0) is 30.5 Å². The predicted octanol–water partition coefficient (Wildman–Crippen LogP) is 4.37. The third kappa shape index (κ3) is 4.71. The van der Waals surface area contributed by atoms with Crippen LogP contribution in [0.5, 0.6) is 0 Å². The molecule has 0 saturated heterocycles. The van der Waals surface area contributed by atoms with E-state index in [1.807, 2.05) is 61.5 Å². The third-order valence-corrected chi connectivity index (χ3v) is 5.63. The second-order valence-corrected chi connectivity index (χ2v) is 7.70. The maximum absolute atomic E-state index is 12.8. The number of aromatic nitrogens is 3. The molecule has 0 fully saturated rings. The van der Waals surface area contributed by atoms with E-state index < -0.39 is 0 Å². The number of fused-ring (bicyclic) bond motifs is 1. The summed E-state index contributed by atoms with van der Waals surface area (Å²) in [5, 5.41) is 11.8. The molecule has 30 heavy (non-hydrogen) atoms. The maximum Gasteiger partial charge on any atom is 0.229 e. The first-order chi connectivity index (χ1) is 14.1. The molecule has 0 saturated carbocycles. The van der Waals surface area contributed by atoms with Crippen molar-refractivity contribution in [2.75, 3.05) is 5.32 Å². The largest absolute Gasteiger partial charge is 0.326 e. The number of hydrogen-bond acceptors (Lipinski definition) is 4. The number of anilines is 1. The van der Waals surface area contributed by atoms with Crippen molar-refractivity contribution in [3.8, 4) is 11.4 Å². The maximum atomic E-state index is 12.8. The van der Waals surface area contributed by atoms with Gasteiger partial charge in [0.15, 0.2) is 5.82 Å². The van der Waals surface area contributed by atoms with Crippen molar-refractivity contribution < 1.29 is 4.79 Å². The van der Waals surface area contributed by atoms with Crippen LogP contribution < -0.4 is 11.1 Å². The summed E-state index contributed by atoms with van der Waals surface area (Å²) < 4.78 is 2.21. The highest BCUT2D eigenvalue weighted by atomic mass is 35.5. The molecule has 7 heteroatoms. The van der Waals surface area contributed by atoms with Crippen LogP contribution in [0, 0.1) is 5.92 Å².